The van der Waals surface area contributed by atoms with E-state index in [1.165, 1.54) is 0 Å². The second kappa shape index (κ2) is 10.6. The lowest BCUT2D eigenvalue weighted by atomic mass is 10.0. The fourth-order valence-electron chi connectivity index (χ4n) is 3.07. The summed E-state index contributed by atoms with van der Waals surface area (Å²) in [5.74, 6) is 0.338. The monoisotopic (exact) mass is 382 g/mol. The standard InChI is InChI=1S/C21H26N4O3/c1-26-14-15-28-21-20(16-22)19(6-7-24-21)17-2-4-18(5-3-17)23-8-9-25-10-12-27-13-11-25/h2-7,23H,8-15H2,1H3. The number of pyridine rings is 1. The van der Waals surface area contributed by atoms with Crippen molar-refractivity contribution in [1.82, 2.24) is 9.88 Å². The molecule has 0 spiro atoms. The molecule has 7 nitrogen and oxygen atoms in total. The molecule has 3 rings (SSSR count). The van der Waals surface area contributed by atoms with Gasteiger partial charge >= 0.3 is 0 Å². The largest absolute Gasteiger partial charge is 0.474 e. The lowest BCUT2D eigenvalue weighted by Gasteiger charge is -2.26. The van der Waals surface area contributed by atoms with Gasteiger partial charge in [0.1, 0.15) is 18.2 Å². The summed E-state index contributed by atoms with van der Waals surface area (Å²) in [6, 6.07) is 12.1. The number of anilines is 1. The summed E-state index contributed by atoms with van der Waals surface area (Å²) >= 11 is 0. The molecule has 1 aliphatic rings. The van der Waals surface area contributed by atoms with Crippen molar-refractivity contribution in [3.63, 3.8) is 0 Å². The Morgan fingerprint density at radius 2 is 1.96 bits per heavy atom. The highest BCUT2D eigenvalue weighted by Gasteiger charge is 2.13. The Balaban J connectivity index is 1.62. The highest BCUT2D eigenvalue weighted by molar-refractivity contribution is 5.73. The number of hydrogen-bond acceptors (Lipinski definition) is 7. The van der Waals surface area contributed by atoms with Gasteiger partial charge in [-0.25, -0.2) is 4.98 Å². The molecule has 7 heteroatoms. The molecule has 2 heterocycles. The molecule has 0 bridgehead atoms. The van der Waals surface area contributed by atoms with E-state index in [-0.39, 0.29) is 0 Å². The molecule has 1 aromatic carbocycles. The molecule has 2 aromatic rings. The average molecular weight is 382 g/mol. The van der Waals surface area contributed by atoms with Crippen LogP contribution in [0, 0.1) is 11.3 Å². The quantitative estimate of drug-likeness (QED) is 0.667. The number of nitrogens with one attached hydrogen (secondary N) is 1. The van der Waals surface area contributed by atoms with Crippen molar-refractivity contribution in [2.45, 2.75) is 0 Å². The second-order valence-corrected chi connectivity index (χ2v) is 6.45. The van der Waals surface area contributed by atoms with Gasteiger partial charge in [-0.15, -0.1) is 0 Å². The van der Waals surface area contributed by atoms with E-state index in [1.807, 2.05) is 30.3 Å². The maximum atomic E-state index is 9.58. The predicted octanol–water partition coefficient (Wildman–Crippen LogP) is 2.39. The van der Waals surface area contributed by atoms with Gasteiger partial charge in [-0.1, -0.05) is 12.1 Å². The number of methoxy groups -OCH3 is 1. The van der Waals surface area contributed by atoms with Crippen molar-refractivity contribution < 1.29 is 14.2 Å². The summed E-state index contributed by atoms with van der Waals surface area (Å²) < 4.78 is 15.9. The molecule has 1 aromatic heterocycles. The van der Waals surface area contributed by atoms with Gasteiger partial charge in [-0.3, -0.25) is 4.90 Å². The van der Waals surface area contributed by atoms with Gasteiger partial charge in [0.05, 0.1) is 19.8 Å². The molecular weight excluding hydrogens is 356 g/mol. The van der Waals surface area contributed by atoms with Crippen molar-refractivity contribution in [3.8, 4) is 23.1 Å². The van der Waals surface area contributed by atoms with Gasteiger partial charge in [-0.05, 0) is 23.8 Å². The Bertz CT molecular complexity index is 783. The first-order chi connectivity index (χ1) is 13.8. The van der Waals surface area contributed by atoms with E-state index in [1.54, 1.807) is 13.3 Å². The lowest BCUT2D eigenvalue weighted by Crippen LogP contribution is -2.38. The number of aromatic nitrogens is 1. The Morgan fingerprint density at radius 3 is 2.68 bits per heavy atom. The minimum Gasteiger partial charge on any atom is -0.474 e. The average Bonchev–Trinajstić information content (AvgIpc) is 2.75. The van der Waals surface area contributed by atoms with Crippen LogP contribution >= 0.6 is 0 Å². The molecular formula is C21H26N4O3. The zero-order valence-corrected chi connectivity index (χ0v) is 16.2. The van der Waals surface area contributed by atoms with Gasteiger partial charge < -0.3 is 19.5 Å². The zero-order valence-electron chi connectivity index (χ0n) is 16.2. The topological polar surface area (TPSA) is 79.6 Å². The van der Waals surface area contributed by atoms with Crippen molar-refractivity contribution in [2.75, 3.05) is 65.0 Å². The van der Waals surface area contributed by atoms with E-state index in [2.05, 4.69) is 21.3 Å². The molecule has 1 fully saturated rings. The van der Waals surface area contributed by atoms with Gasteiger partial charge in [0, 0.05) is 50.7 Å². The third kappa shape index (κ3) is 5.42. The molecule has 0 unspecified atom stereocenters. The van der Waals surface area contributed by atoms with Gasteiger partial charge in [0.25, 0.3) is 0 Å². The Kier molecular flexibility index (Phi) is 7.62. The van der Waals surface area contributed by atoms with Crippen molar-refractivity contribution in [1.29, 1.82) is 5.26 Å². The van der Waals surface area contributed by atoms with E-state index in [0.717, 1.165) is 56.2 Å². The smallest absolute Gasteiger partial charge is 0.232 e. The molecule has 0 atom stereocenters. The first-order valence-electron chi connectivity index (χ1n) is 9.47. The minimum atomic E-state index is 0.338. The number of nitrogens with zero attached hydrogens (tertiary/aromatic N) is 3. The molecule has 0 saturated carbocycles. The van der Waals surface area contributed by atoms with Crippen LogP contribution in [-0.2, 0) is 9.47 Å². The molecule has 28 heavy (non-hydrogen) atoms. The first kappa shape index (κ1) is 20.1. The number of morpholine rings is 1. The van der Waals surface area contributed by atoms with E-state index < -0.39 is 0 Å². The van der Waals surface area contributed by atoms with Gasteiger partial charge in [-0.2, -0.15) is 5.26 Å². The van der Waals surface area contributed by atoms with Crippen LogP contribution < -0.4 is 10.1 Å². The Morgan fingerprint density at radius 1 is 1.18 bits per heavy atom. The van der Waals surface area contributed by atoms with Crippen LogP contribution in [0.2, 0.25) is 0 Å². The normalized spacial score (nSPS) is 14.4. The lowest BCUT2D eigenvalue weighted by molar-refractivity contribution is 0.0398. The third-order valence-electron chi connectivity index (χ3n) is 4.61. The summed E-state index contributed by atoms with van der Waals surface area (Å²) in [6.07, 6.45) is 1.66. The van der Waals surface area contributed by atoms with Crippen LogP contribution in [-0.4, -0.2) is 69.6 Å². The maximum Gasteiger partial charge on any atom is 0.232 e. The highest BCUT2D eigenvalue weighted by Crippen LogP contribution is 2.29. The van der Waals surface area contributed by atoms with Crippen LogP contribution in [0.4, 0.5) is 5.69 Å². The number of benzene rings is 1. The van der Waals surface area contributed by atoms with Gasteiger partial charge in [0.2, 0.25) is 5.88 Å². The van der Waals surface area contributed by atoms with E-state index in [0.29, 0.717) is 24.7 Å². The molecule has 0 amide bonds. The number of nitriles is 1. The van der Waals surface area contributed by atoms with Crippen molar-refractivity contribution in [3.05, 3.63) is 42.1 Å². The second-order valence-electron chi connectivity index (χ2n) is 6.45. The SMILES string of the molecule is COCCOc1nccc(-c2ccc(NCCN3CCOCC3)cc2)c1C#N. The molecule has 1 aliphatic heterocycles. The fourth-order valence-corrected chi connectivity index (χ4v) is 3.07. The zero-order chi connectivity index (χ0) is 19.6. The molecule has 1 N–H and O–H groups in total. The highest BCUT2D eigenvalue weighted by atomic mass is 16.5. The molecule has 0 radical (unpaired) electrons. The van der Waals surface area contributed by atoms with E-state index >= 15 is 0 Å². The van der Waals surface area contributed by atoms with E-state index in [9.17, 15) is 5.26 Å². The van der Waals surface area contributed by atoms with E-state index in [4.69, 9.17) is 14.2 Å². The van der Waals surface area contributed by atoms with Crippen molar-refractivity contribution >= 4 is 5.69 Å². The first-order valence-corrected chi connectivity index (χ1v) is 9.47. The molecule has 1 saturated heterocycles. The van der Waals surface area contributed by atoms with Crippen LogP contribution in [0.3, 0.4) is 0 Å². The number of ether oxygens (including phenoxy) is 3. The van der Waals surface area contributed by atoms with Crippen LogP contribution in [0.25, 0.3) is 11.1 Å². The van der Waals surface area contributed by atoms with Crippen LogP contribution in [0.15, 0.2) is 36.5 Å². The number of rotatable bonds is 9. The molecule has 0 aliphatic carbocycles. The molecule has 148 valence electrons. The Labute approximate surface area is 165 Å². The summed E-state index contributed by atoms with van der Waals surface area (Å²) in [4.78, 5) is 6.58. The summed E-state index contributed by atoms with van der Waals surface area (Å²) in [5, 5.41) is 13.0. The predicted molar refractivity (Wildman–Crippen MR) is 108 cm³/mol. The van der Waals surface area contributed by atoms with Gasteiger partial charge in [0.15, 0.2) is 0 Å². The maximum absolute atomic E-state index is 9.58. The van der Waals surface area contributed by atoms with Crippen LogP contribution in [0.5, 0.6) is 5.88 Å². The summed E-state index contributed by atoms with van der Waals surface area (Å²) in [7, 11) is 1.61. The number of hydrogen-bond donors (Lipinski definition) is 1. The van der Waals surface area contributed by atoms with Crippen LogP contribution in [0.1, 0.15) is 5.56 Å². The Hall–Kier alpha value is -2.66. The third-order valence-corrected chi connectivity index (χ3v) is 4.61. The van der Waals surface area contributed by atoms with Crippen molar-refractivity contribution in [2.24, 2.45) is 0 Å². The summed E-state index contributed by atoms with van der Waals surface area (Å²) in [5.41, 5.74) is 3.26. The summed E-state index contributed by atoms with van der Waals surface area (Å²) in [6.45, 7) is 6.31. The minimum absolute atomic E-state index is 0.338. The fraction of sp³-hybridized carbons (Fsp3) is 0.429.